The number of fused-ring (bicyclic) bond motifs is 1. The maximum atomic E-state index is 11.3. The number of aromatic amines is 1. The van der Waals surface area contributed by atoms with Gasteiger partial charge in [-0.15, -0.1) is 0 Å². The van der Waals surface area contributed by atoms with Gasteiger partial charge in [0, 0.05) is 28.2 Å². The van der Waals surface area contributed by atoms with Gasteiger partial charge in [-0.05, 0) is 12.1 Å². The van der Waals surface area contributed by atoms with Gasteiger partial charge in [-0.3, -0.25) is 4.79 Å². The number of nitrogens with one attached hydrogen (secondary N) is 1. The van der Waals surface area contributed by atoms with Gasteiger partial charge in [0.1, 0.15) is 0 Å². The third-order valence-electron chi connectivity index (χ3n) is 2.75. The van der Waals surface area contributed by atoms with Crippen molar-refractivity contribution in [2.45, 2.75) is 6.42 Å². The highest BCUT2D eigenvalue weighted by molar-refractivity contribution is 6.09. The van der Waals surface area contributed by atoms with E-state index in [0.717, 1.165) is 16.5 Å². The molecule has 2 aromatic rings. The van der Waals surface area contributed by atoms with Crippen molar-refractivity contribution in [3.8, 4) is 0 Å². The quantitative estimate of drug-likeness (QED) is 0.460. The van der Waals surface area contributed by atoms with Gasteiger partial charge in [-0.2, -0.15) is 0 Å². The van der Waals surface area contributed by atoms with Crippen LogP contribution in [0.5, 0.6) is 0 Å². The van der Waals surface area contributed by atoms with E-state index in [-0.39, 0.29) is 6.42 Å². The van der Waals surface area contributed by atoms with Gasteiger partial charge in [-0.25, -0.2) is 4.79 Å². The highest BCUT2D eigenvalue weighted by Gasteiger charge is 2.26. The summed E-state index contributed by atoms with van der Waals surface area (Å²) >= 11 is 0. The molecular weight excluding hydrogens is 218 g/mol. The summed E-state index contributed by atoms with van der Waals surface area (Å²) < 4.78 is 4.48. The van der Waals surface area contributed by atoms with Crippen LogP contribution in [0.4, 0.5) is 0 Å². The minimum atomic E-state index is -0.541. The predicted molar refractivity (Wildman–Crippen MR) is 62.0 cm³/mol. The van der Waals surface area contributed by atoms with Gasteiger partial charge < -0.3 is 9.72 Å². The van der Waals surface area contributed by atoms with Crippen molar-refractivity contribution < 1.29 is 14.3 Å². The van der Waals surface area contributed by atoms with E-state index in [1.165, 1.54) is 0 Å². The molecular formula is C13H9NO3. The topological polar surface area (TPSA) is 59.2 Å². The molecule has 84 valence electrons. The van der Waals surface area contributed by atoms with E-state index in [4.69, 9.17) is 0 Å². The summed E-state index contributed by atoms with van der Waals surface area (Å²) in [7, 11) is 0. The summed E-state index contributed by atoms with van der Waals surface area (Å²) in [6, 6.07) is 7.77. The summed E-state index contributed by atoms with van der Waals surface area (Å²) in [6.45, 7) is 0. The van der Waals surface area contributed by atoms with Crippen molar-refractivity contribution in [3.05, 3.63) is 41.6 Å². The fraction of sp³-hybridized carbons (Fsp3) is 0.0769. The van der Waals surface area contributed by atoms with Crippen molar-refractivity contribution in [1.82, 2.24) is 4.98 Å². The summed E-state index contributed by atoms with van der Waals surface area (Å²) in [5, 5.41) is 1.02. The highest BCUT2D eigenvalue weighted by atomic mass is 16.6. The molecule has 0 bridgehead atoms. The monoisotopic (exact) mass is 227 g/mol. The number of rotatable bonds is 1. The van der Waals surface area contributed by atoms with Gasteiger partial charge >= 0.3 is 11.9 Å². The van der Waals surface area contributed by atoms with E-state index >= 15 is 0 Å². The second-order valence-electron chi connectivity index (χ2n) is 3.90. The molecule has 0 saturated carbocycles. The Labute approximate surface area is 96.9 Å². The van der Waals surface area contributed by atoms with Crippen molar-refractivity contribution >= 4 is 28.9 Å². The summed E-state index contributed by atoms with van der Waals surface area (Å²) in [5.41, 5.74) is 2.29. The van der Waals surface area contributed by atoms with E-state index in [1.54, 1.807) is 6.08 Å². The lowest BCUT2D eigenvalue weighted by Gasteiger charge is -1.92. The first-order valence-electron chi connectivity index (χ1n) is 5.26. The molecule has 2 heterocycles. The van der Waals surface area contributed by atoms with Crippen molar-refractivity contribution in [2.75, 3.05) is 0 Å². The molecule has 1 aliphatic heterocycles. The standard InChI is InChI=1S/C13H9NO3/c15-12-6-8(13(16)17-12)5-9-7-14-11-4-2-1-3-10(9)11/h1-5,7,14H,6H2/b8-5-. The molecule has 4 heteroatoms. The lowest BCUT2D eigenvalue weighted by molar-refractivity contribution is -0.151. The van der Waals surface area contributed by atoms with Crippen LogP contribution in [0.2, 0.25) is 0 Å². The van der Waals surface area contributed by atoms with E-state index in [9.17, 15) is 9.59 Å². The largest absolute Gasteiger partial charge is 0.389 e. The number of H-pyrrole nitrogens is 1. The lowest BCUT2D eigenvalue weighted by atomic mass is 10.1. The fourth-order valence-corrected chi connectivity index (χ4v) is 1.94. The van der Waals surface area contributed by atoms with Crippen molar-refractivity contribution in [1.29, 1.82) is 0 Å². The maximum absolute atomic E-state index is 11.3. The first-order valence-corrected chi connectivity index (χ1v) is 5.26. The molecule has 4 nitrogen and oxygen atoms in total. The average molecular weight is 227 g/mol. The smallest absolute Gasteiger partial charge is 0.342 e. The number of benzene rings is 1. The molecule has 0 aliphatic carbocycles. The zero-order valence-corrected chi connectivity index (χ0v) is 8.90. The number of esters is 2. The normalized spacial score (nSPS) is 18.0. The number of carbonyl (C=O) groups excluding carboxylic acids is 2. The molecule has 1 N–H and O–H groups in total. The zero-order chi connectivity index (χ0) is 11.8. The van der Waals surface area contributed by atoms with Crippen LogP contribution in [-0.2, 0) is 14.3 Å². The Balaban J connectivity index is 2.08. The zero-order valence-electron chi connectivity index (χ0n) is 8.90. The van der Waals surface area contributed by atoms with Gasteiger partial charge in [-0.1, -0.05) is 18.2 Å². The van der Waals surface area contributed by atoms with E-state index < -0.39 is 11.9 Å². The van der Waals surface area contributed by atoms with Crippen molar-refractivity contribution in [2.24, 2.45) is 0 Å². The number of cyclic esters (lactones) is 2. The molecule has 17 heavy (non-hydrogen) atoms. The molecule has 0 atom stereocenters. The molecule has 1 saturated heterocycles. The molecule has 0 radical (unpaired) electrons. The molecule has 1 fully saturated rings. The minimum absolute atomic E-state index is 0.0539. The van der Waals surface area contributed by atoms with Gasteiger partial charge in [0.05, 0.1) is 6.42 Å². The SMILES string of the molecule is O=C1C/C(=C/c2c[nH]c3ccccc23)C(=O)O1. The number of hydrogen-bond donors (Lipinski definition) is 1. The fourth-order valence-electron chi connectivity index (χ4n) is 1.94. The number of ether oxygens (including phenoxy) is 1. The summed E-state index contributed by atoms with van der Waals surface area (Å²) in [6.07, 6.45) is 3.57. The molecule has 1 aromatic heterocycles. The second kappa shape index (κ2) is 3.59. The highest BCUT2D eigenvalue weighted by Crippen LogP contribution is 2.23. The van der Waals surface area contributed by atoms with Crippen LogP contribution >= 0.6 is 0 Å². The average Bonchev–Trinajstić information content (AvgIpc) is 2.85. The Bertz CT molecular complexity index is 651. The van der Waals surface area contributed by atoms with E-state index in [1.807, 2.05) is 30.5 Å². The number of para-hydroxylation sites is 1. The molecule has 0 unspecified atom stereocenters. The number of hydrogen-bond acceptors (Lipinski definition) is 3. The Morgan fingerprint density at radius 3 is 2.82 bits per heavy atom. The minimum Gasteiger partial charge on any atom is -0.389 e. The van der Waals surface area contributed by atoms with Crippen LogP contribution in [0.3, 0.4) is 0 Å². The van der Waals surface area contributed by atoms with Crippen LogP contribution in [0.1, 0.15) is 12.0 Å². The predicted octanol–water partition coefficient (Wildman–Crippen LogP) is 2.02. The molecule has 0 spiro atoms. The van der Waals surface area contributed by atoms with E-state index in [0.29, 0.717) is 5.57 Å². The third kappa shape index (κ3) is 1.63. The van der Waals surface area contributed by atoms with Crippen LogP contribution in [0, 0.1) is 0 Å². The van der Waals surface area contributed by atoms with Crippen LogP contribution < -0.4 is 0 Å². The van der Waals surface area contributed by atoms with Crippen LogP contribution in [0.25, 0.3) is 17.0 Å². The number of aromatic nitrogens is 1. The third-order valence-corrected chi connectivity index (χ3v) is 2.75. The summed E-state index contributed by atoms with van der Waals surface area (Å²) in [4.78, 5) is 25.4. The molecule has 1 aliphatic rings. The lowest BCUT2D eigenvalue weighted by Crippen LogP contribution is -1.96. The van der Waals surface area contributed by atoms with E-state index in [2.05, 4.69) is 9.72 Å². The maximum Gasteiger partial charge on any atom is 0.342 e. The van der Waals surface area contributed by atoms with Crippen LogP contribution in [0.15, 0.2) is 36.0 Å². The van der Waals surface area contributed by atoms with Crippen molar-refractivity contribution in [3.63, 3.8) is 0 Å². The first kappa shape index (κ1) is 9.84. The van der Waals surface area contributed by atoms with Gasteiger partial charge in [0.15, 0.2) is 0 Å². The summed E-state index contributed by atoms with van der Waals surface area (Å²) in [5.74, 6) is -1.03. The Morgan fingerprint density at radius 2 is 2.06 bits per heavy atom. The Morgan fingerprint density at radius 1 is 1.24 bits per heavy atom. The second-order valence-corrected chi connectivity index (χ2v) is 3.90. The van der Waals surface area contributed by atoms with Gasteiger partial charge in [0.2, 0.25) is 0 Å². The Kier molecular flexibility index (Phi) is 2.08. The molecule has 3 rings (SSSR count). The number of carbonyl (C=O) groups is 2. The van der Waals surface area contributed by atoms with Gasteiger partial charge in [0.25, 0.3) is 0 Å². The van der Waals surface area contributed by atoms with Crippen LogP contribution in [-0.4, -0.2) is 16.9 Å². The molecule has 0 amide bonds. The molecule has 1 aromatic carbocycles. The Hall–Kier alpha value is -2.36. The first-order chi connectivity index (χ1) is 8.24.